The Hall–Kier alpha value is -3.49. The van der Waals surface area contributed by atoms with Gasteiger partial charge in [0.2, 0.25) is 0 Å². The van der Waals surface area contributed by atoms with E-state index in [2.05, 4.69) is 51.9 Å². The third kappa shape index (κ3) is 7.00. The summed E-state index contributed by atoms with van der Waals surface area (Å²) in [5, 5.41) is 13.2. The summed E-state index contributed by atoms with van der Waals surface area (Å²) in [4.78, 5) is 12.1. The van der Waals surface area contributed by atoms with Gasteiger partial charge in [-0.25, -0.2) is 5.43 Å². The Morgan fingerprint density at radius 3 is 2.70 bits per heavy atom. The van der Waals surface area contributed by atoms with Crippen LogP contribution < -0.4 is 10.2 Å². The van der Waals surface area contributed by atoms with Gasteiger partial charge in [0.05, 0.1) is 12.0 Å². The number of benzene rings is 3. The first-order chi connectivity index (χ1) is 16.2. The Kier molecular flexibility index (Phi) is 7.84. The van der Waals surface area contributed by atoms with E-state index in [0.29, 0.717) is 6.61 Å². The summed E-state index contributed by atoms with van der Waals surface area (Å²) < 4.78 is 6.60. The van der Waals surface area contributed by atoms with Crippen LogP contribution in [0.4, 0.5) is 0 Å². The van der Waals surface area contributed by atoms with Crippen molar-refractivity contribution in [2.75, 3.05) is 5.75 Å². The summed E-state index contributed by atoms with van der Waals surface area (Å²) >= 11 is 2.80. The highest BCUT2D eigenvalue weighted by atomic mass is 32.2. The molecule has 0 saturated heterocycles. The number of amides is 1. The first-order valence-corrected chi connectivity index (χ1v) is 12.1. The first kappa shape index (κ1) is 22.7. The maximum atomic E-state index is 12.1. The van der Waals surface area contributed by atoms with Gasteiger partial charge in [0.25, 0.3) is 5.91 Å². The van der Waals surface area contributed by atoms with Crippen LogP contribution in [0.15, 0.2) is 88.3 Å². The summed E-state index contributed by atoms with van der Waals surface area (Å²) in [5.74, 6) is 0.742. The highest BCUT2D eigenvalue weighted by Crippen LogP contribution is 2.28. The van der Waals surface area contributed by atoms with Crippen LogP contribution in [0.25, 0.3) is 10.6 Å². The van der Waals surface area contributed by atoms with Crippen molar-refractivity contribution in [3.8, 4) is 16.3 Å². The molecule has 0 radical (unpaired) electrons. The first-order valence-electron chi connectivity index (χ1n) is 10.3. The van der Waals surface area contributed by atoms with Gasteiger partial charge in [-0.2, -0.15) is 5.10 Å². The van der Waals surface area contributed by atoms with E-state index in [1.54, 1.807) is 6.21 Å². The number of nitrogens with one attached hydrogen (secondary N) is 1. The number of aromatic nitrogens is 2. The predicted molar refractivity (Wildman–Crippen MR) is 134 cm³/mol. The third-order valence-corrected chi connectivity index (χ3v) is 6.65. The molecule has 1 aromatic heterocycles. The van der Waals surface area contributed by atoms with Gasteiger partial charge in [-0.3, -0.25) is 4.79 Å². The van der Waals surface area contributed by atoms with Crippen molar-refractivity contribution in [3.63, 3.8) is 0 Å². The fraction of sp³-hybridized carbons (Fsp3) is 0.120. The normalized spacial score (nSPS) is 10.9. The van der Waals surface area contributed by atoms with E-state index in [9.17, 15) is 4.79 Å². The number of hydrogen-bond donors (Lipinski definition) is 1. The molecule has 0 aliphatic heterocycles. The molecule has 0 aliphatic carbocycles. The van der Waals surface area contributed by atoms with Crippen LogP contribution in [0.2, 0.25) is 0 Å². The number of nitrogens with zero attached hydrogens (tertiary/aromatic N) is 3. The molecule has 33 heavy (non-hydrogen) atoms. The zero-order chi connectivity index (χ0) is 22.9. The Bertz CT molecular complexity index is 1220. The molecule has 1 amide bonds. The standard InChI is InChI=1S/C25H22N4O2S2/c1-18-10-12-19(13-11-18)16-31-22-9-5-6-20(14-22)15-26-27-23(30)17-32-25-29-28-24(33-25)21-7-3-2-4-8-21/h2-15H,16-17H2,1H3,(H,27,30). The van der Waals surface area contributed by atoms with Crippen LogP contribution in [0.1, 0.15) is 16.7 Å². The molecule has 4 aromatic rings. The molecule has 0 atom stereocenters. The maximum Gasteiger partial charge on any atom is 0.250 e. The number of hydrazone groups is 1. The summed E-state index contributed by atoms with van der Waals surface area (Å²) in [5.41, 5.74) is 6.72. The smallest absolute Gasteiger partial charge is 0.250 e. The lowest BCUT2D eigenvalue weighted by molar-refractivity contribution is -0.118. The van der Waals surface area contributed by atoms with Crippen molar-refractivity contribution in [1.82, 2.24) is 15.6 Å². The molecule has 0 fully saturated rings. The van der Waals surface area contributed by atoms with Crippen LogP contribution >= 0.6 is 23.1 Å². The number of thioether (sulfide) groups is 1. The van der Waals surface area contributed by atoms with Gasteiger partial charge in [-0.15, -0.1) is 10.2 Å². The average molecular weight is 475 g/mol. The van der Waals surface area contributed by atoms with Crippen LogP contribution in [0.3, 0.4) is 0 Å². The van der Waals surface area contributed by atoms with Gasteiger partial charge in [0.1, 0.15) is 17.4 Å². The van der Waals surface area contributed by atoms with Gasteiger partial charge < -0.3 is 4.74 Å². The largest absolute Gasteiger partial charge is 0.489 e. The fourth-order valence-electron chi connectivity index (χ4n) is 2.84. The summed E-state index contributed by atoms with van der Waals surface area (Å²) in [6.07, 6.45) is 1.60. The molecule has 4 rings (SSSR count). The third-order valence-electron chi connectivity index (χ3n) is 4.54. The number of rotatable bonds is 9. The van der Waals surface area contributed by atoms with Gasteiger partial charge >= 0.3 is 0 Å². The van der Waals surface area contributed by atoms with Gasteiger partial charge in [-0.1, -0.05) is 95.4 Å². The van der Waals surface area contributed by atoms with Gasteiger partial charge in [0.15, 0.2) is 4.34 Å². The molecule has 6 nitrogen and oxygen atoms in total. The quantitative estimate of drug-likeness (QED) is 0.201. The monoisotopic (exact) mass is 474 g/mol. The minimum absolute atomic E-state index is 0.209. The zero-order valence-corrected chi connectivity index (χ0v) is 19.6. The molecule has 0 saturated carbocycles. The number of hydrogen-bond acceptors (Lipinski definition) is 7. The molecule has 8 heteroatoms. The average Bonchev–Trinajstić information content (AvgIpc) is 3.32. The van der Waals surface area contributed by atoms with E-state index in [-0.39, 0.29) is 11.7 Å². The van der Waals surface area contributed by atoms with E-state index in [1.165, 1.54) is 28.7 Å². The molecule has 1 N–H and O–H groups in total. The lowest BCUT2D eigenvalue weighted by Gasteiger charge is -2.07. The van der Waals surface area contributed by atoms with Gasteiger partial charge in [-0.05, 0) is 30.2 Å². The minimum Gasteiger partial charge on any atom is -0.489 e. The van der Waals surface area contributed by atoms with E-state index in [4.69, 9.17) is 4.74 Å². The van der Waals surface area contributed by atoms with Gasteiger partial charge in [0, 0.05) is 5.56 Å². The topological polar surface area (TPSA) is 76.5 Å². The SMILES string of the molecule is Cc1ccc(COc2cccc(C=NNC(=O)CSc3nnc(-c4ccccc4)s3)c2)cc1. The zero-order valence-electron chi connectivity index (χ0n) is 18.0. The van der Waals surface area contributed by atoms with Crippen LogP contribution in [-0.2, 0) is 11.4 Å². The number of ether oxygens (including phenoxy) is 1. The molecule has 0 spiro atoms. The molecular formula is C25H22N4O2S2. The number of carbonyl (C=O) groups excluding carboxylic acids is 1. The van der Waals surface area contributed by atoms with Crippen LogP contribution in [0.5, 0.6) is 5.75 Å². The molecule has 166 valence electrons. The highest BCUT2D eigenvalue weighted by Gasteiger charge is 2.09. The summed E-state index contributed by atoms with van der Waals surface area (Å²) in [6.45, 7) is 2.55. The van der Waals surface area contributed by atoms with Crippen molar-refractivity contribution < 1.29 is 9.53 Å². The highest BCUT2D eigenvalue weighted by molar-refractivity contribution is 8.01. The Morgan fingerprint density at radius 1 is 1.06 bits per heavy atom. The molecule has 0 bridgehead atoms. The van der Waals surface area contributed by atoms with Crippen molar-refractivity contribution >= 4 is 35.2 Å². The lowest BCUT2D eigenvalue weighted by Crippen LogP contribution is -2.19. The lowest BCUT2D eigenvalue weighted by atomic mass is 10.2. The second-order valence-electron chi connectivity index (χ2n) is 7.17. The van der Waals surface area contributed by atoms with E-state index in [0.717, 1.165) is 31.8 Å². The Morgan fingerprint density at radius 2 is 1.88 bits per heavy atom. The minimum atomic E-state index is -0.209. The molecule has 0 aliphatic rings. The van der Waals surface area contributed by atoms with E-state index >= 15 is 0 Å². The Labute approximate surface area is 200 Å². The molecule has 1 heterocycles. The van der Waals surface area contributed by atoms with Crippen molar-refractivity contribution in [2.45, 2.75) is 17.9 Å². The number of carbonyl (C=O) groups is 1. The second-order valence-corrected chi connectivity index (χ2v) is 9.37. The summed E-state index contributed by atoms with van der Waals surface area (Å²) in [6, 6.07) is 25.7. The molecular weight excluding hydrogens is 452 g/mol. The Balaban J connectivity index is 1.23. The van der Waals surface area contributed by atoms with Crippen molar-refractivity contribution in [3.05, 3.63) is 95.6 Å². The molecule has 0 unspecified atom stereocenters. The second kappa shape index (κ2) is 11.4. The van der Waals surface area contributed by atoms with Crippen molar-refractivity contribution in [2.24, 2.45) is 5.10 Å². The fourth-order valence-corrected chi connectivity index (χ4v) is 4.49. The molecule has 3 aromatic carbocycles. The van der Waals surface area contributed by atoms with E-state index < -0.39 is 0 Å². The van der Waals surface area contributed by atoms with Crippen molar-refractivity contribution in [1.29, 1.82) is 0 Å². The predicted octanol–water partition coefficient (Wildman–Crippen LogP) is 5.33. The summed E-state index contributed by atoms with van der Waals surface area (Å²) in [7, 11) is 0. The maximum absolute atomic E-state index is 12.1. The van der Waals surface area contributed by atoms with Crippen LogP contribution in [-0.4, -0.2) is 28.1 Å². The van der Waals surface area contributed by atoms with E-state index in [1.807, 2.05) is 54.6 Å². The van der Waals surface area contributed by atoms with Crippen LogP contribution in [0, 0.1) is 6.92 Å². The number of aryl methyl sites for hydroxylation is 1.